The van der Waals surface area contributed by atoms with E-state index < -0.39 is 0 Å². The number of amides is 2. The molecule has 0 radical (unpaired) electrons. The number of hydrogen-bond donors (Lipinski definition) is 8. The summed E-state index contributed by atoms with van der Waals surface area (Å²) in [6, 6.07) is 0. The molecule has 0 aromatic heterocycles. The quantitative estimate of drug-likeness (QED) is 0.106. The van der Waals surface area contributed by atoms with Gasteiger partial charge in [-0.1, -0.05) is 6.92 Å². The zero-order valence-corrected chi connectivity index (χ0v) is 25.6. The normalized spacial score (nSPS) is 25.2. The lowest BCUT2D eigenvalue weighted by Gasteiger charge is -2.31. The Morgan fingerprint density at radius 3 is 1.95 bits per heavy atom. The van der Waals surface area contributed by atoms with Crippen LogP contribution in [-0.2, 0) is 9.59 Å². The van der Waals surface area contributed by atoms with Crippen LogP contribution in [0.2, 0.25) is 0 Å². The average Bonchev–Trinajstić information content (AvgIpc) is 3.60. The molecule has 10 nitrogen and oxygen atoms in total. The molecule has 234 valence electrons. The van der Waals surface area contributed by atoms with Crippen LogP contribution in [0.1, 0.15) is 58.3 Å². The van der Waals surface area contributed by atoms with E-state index in [-0.39, 0.29) is 17.2 Å². The molecule has 41 heavy (non-hydrogen) atoms. The smallest absolute Gasteiger partial charge is 0.220 e. The second-order valence-corrected chi connectivity index (χ2v) is 12.4. The zero-order valence-electron chi connectivity index (χ0n) is 25.6. The van der Waals surface area contributed by atoms with Crippen LogP contribution in [0.4, 0.5) is 0 Å². The van der Waals surface area contributed by atoms with Crippen LogP contribution in [0, 0.1) is 35.0 Å². The Morgan fingerprint density at radius 1 is 0.732 bits per heavy atom. The summed E-state index contributed by atoms with van der Waals surface area (Å²) in [5.41, 5.74) is 0.138. The highest BCUT2D eigenvalue weighted by Crippen LogP contribution is 2.51. The van der Waals surface area contributed by atoms with E-state index in [2.05, 4.69) is 61.3 Å². The van der Waals surface area contributed by atoms with Gasteiger partial charge in [-0.3, -0.25) is 9.59 Å². The van der Waals surface area contributed by atoms with E-state index in [9.17, 15) is 9.59 Å². The van der Waals surface area contributed by atoms with E-state index >= 15 is 0 Å². The minimum absolute atomic E-state index is 0.0191. The lowest BCUT2D eigenvalue weighted by Crippen LogP contribution is -2.49. The van der Waals surface area contributed by atoms with Gasteiger partial charge in [0.1, 0.15) is 0 Å². The van der Waals surface area contributed by atoms with E-state index in [1.54, 1.807) is 0 Å². The van der Waals surface area contributed by atoms with Crippen molar-refractivity contribution in [1.29, 1.82) is 0 Å². The predicted octanol–water partition coefficient (Wildman–Crippen LogP) is -0.224. The molecule has 1 heterocycles. The minimum atomic E-state index is 0.0191. The molecule has 2 amide bonds. The molecule has 0 bridgehead atoms. The first kappa shape index (κ1) is 33.8. The molecular weight excluding hydrogens is 516 g/mol. The number of carbonyl (C=O) groups excluding carboxylic acids is 2. The van der Waals surface area contributed by atoms with Crippen LogP contribution in [0.25, 0.3) is 0 Å². The minimum Gasteiger partial charge on any atom is -0.356 e. The number of carbonyl (C=O) groups is 2. The van der Waals surface area contributed by atoms with Crippen molar-refractivity contribution in [2.75, 3.05) is 91.6 Å². The van der Waals surface area contributed by atoms with E-state index in [4.69, 9.17) is 0 Å². The molecule has 0 spiro atoms. The number of nitrogens with one attached hydrogen (secondary N) is 8. The van der Waals surface area contributed by atoms with Crippen molar-refractivity contribution in [3.05, 3.63) is 0 Å². The third-order valence-electron chi connectivity index (χ3n) is 8.60. The lowest BCUT2D eigenvalue weighted by atomic mass is 9.90. The summed E-state index contributed by atoms with van der Waals surface area (Å²) in [7, 11) is 0. The highest BCUT2D eigenvalue weighted by atomic mass is 16.2. The fourth-order valence-corrected chi connectivity index (χ4v) is 6.05. The summed E-state index contributed by atoms with van der Waals surface area (Å²) in [6.07, 6.45) is 6.92. The molecule has 3 rings (SSSR count). The average molecular weight is 575 g/mol. The second-order valence-electron chi connectivity index (χ2n) is 12.4. The standard InChI is InChI=1S/C31H58N8O2/c1-31(23-35-17-14-32-12-7-13-33-15-18-36-24-31)25-37-19-16-34-20-21-38-29(40)10-6-11-30(41)39-22-28-26-8-4-2-3-5-9-27(26)28/h26-28,32-37H,4-25H2,1H3,(H,38,40)(H,39,41)/t26-,27+,28?. The van der Waals surface area contributed by atoms with Crippen LogP contribution in [-0.4, -0.2) is 103 Å². The molecular formula is C31H58N8O2. The molecule has 1 saturated carbocycles. The van der Waals surface area contributed by atoms with Crippen LogP contribution >= 0.6 is 0 Å². The van der Waals surface area contributed by atoms with Crippen molar-refractivity contribution in [2.45, 2.75) is 58.3 Å². The summed E-state index contributed by atoms with van der Waals surface area (Å²) < 4.78 is 0. The van der Waals surface area contributed by atoms with Crippen molar-refractivity contribution in [2.24, 2.45) is 23.2 Å². The van der Waals surface area contributed by atoms with Gasteiger partial charge in [0.25, 0.3) is 0 Å². The van der Waals surface area contributed by atoms with Gasteiger partial charge < -0.3 is 42.5 Å². The Balaban J connectivity index is 1.14. The van der Waals surface area contributed by atoms with Gasteiger partial charge in [0.15, 0.2) is 0 Å². The van der Waals surface area contributed by atoms with Gasteiger partial charge in [-0.15, -0.1) is 11.8 Å². The molecule has 8 N–H and O–H groups in total. The number of hydrogen-bond acceptors (Lipinski definition) is 8. The molecule has 2 aliphatic carbocycles. The Bertz CT molecular complexity index is 782. The van der Waals surface area contributed by atoms with Crippen molar-refractivity contribution in [1.82, 2.24) is 42.5 Å². The van der Waals surface area contributed by atoms with Crippen molar-refractivity contribution >= 4 is 11.8 Å². The second kappa shape index (κ2) is 20.2. The molecule has 0 aromatic rings. The van der Waals surface area contributed by atoms with Gasteiger partial charge in [-0.2, -0.15) is 0 Å². The highest BCUT2D eigenvalue weighted by Gasteiger charge is 2.48. The van der Waals surface area contributed by atoms with Gasteiger partial charge in [0.2, 0.25) is 11.8 Å². The Hall–Kier alpha value is -1.74. The highest BCUT2D eigenvalue weighted by molar-refractivity contribution is 5.78. The molecule has 1 aliphatic heterocycles. The first-order valence-corrected chi connectivity index (χ1v) is 16.3. The summed E-state index contributed by atoms with van der Waals surface area (Å²) in [5, 5.41) is 27.3. The van der Waals surface area contributed by atoms with Crippen molar-refractivity contribution < 1.29 is 9.59 Å². The maximum atomic E-state index is 12.2. The van der Waals surface area contributed by atoms with Crippen LogP contribution in [0.5, 0.6) is 0 Å². The molecule has 0 aromatic carbocycles. The zero-order chi connectivity index (χ0) is 29.0. The SMILES string of the molecule is CC1(CNCCNCCNC(=O)CCCC(=O)NCC2[C@H]3CCC#CCC[C@@H]23)CNCCNCCCNCCNC1. The Labute approximate surface area is 248 Å². The van der Waals surface area contributed by atoms with E-state index in [1.807, 2.05) is 0 Å². The Kier molecular flexibility index (Phi) is 16.6. The van der Waals surface area contributed by atoms with E-state index in [0.29, 0.717) is 31.7 Å². The van der Waals surface area contributed by atoms with E-state index in [1.165, 1.54) is 19.3 Å². The van der Waals surface area contributed by atoms with E-state index in [0.717, 1.165) is 110 Å². The van der Waals surface area contributed by atoms with Gasteiger partial charge >= 0.3 is 0 Å². The third-order valence-corrected chi connectivity index (χ3v) is 8.60. The first-order chi connectivity index (χ1) is 20.1. The fourth-order valence-electron chi connectivity index (χ4n) is 6.05. The maximum absolute atomic E-state index is 12.2. The Morgan fingerprint density at radius 2 is 1.29 bits per heavy atom. The van der Waals surface area contributed by atoms with Gasteiger partial charge in [0.05, 0.1) is 0 Å². The number of fused-ring (bicyclic) bond motifs is 1. The molecule has 2 fully saturated rings. The molecule has 3 aliphatic rings. The largest absolute Gasteiger partial charge is 0.356 e. The summed E-state index contributed by atoms with van der Waals surface area (Å²) in [5.74, 6) is 8.67. The molecule has 10 heteroatoms. The first-order valence-electron chi connectivity index (χ1n) is 16.3. The fraction of sp³-hybridized carbons (Fsp3) is 0.871. The predicted molar refractivity (Wildman–Crippen MR) is 167 cm³/mol. The summed E-state index contributed by atoms with van der Waals surface area (Å²) >= 11 is 0. The van der Waals surface area contributed by atoms with Gasteiger partial charge in [-0.25, -0.2) is 0 Å². The topological polar surface area (TPSA) is 130 Å². The van der Waals surface area contributed by atoms with Crippen molar-refractivity contribution in [3.8, 4) is 11.8 Å². The van der Waals surface area contributed by atoms with Gasteiger partial charge in [0, 0.05) is 110 Å². The van der Waals surface area contributed by atoms with Crippen LogP contribution in [0.15, 0.2) is 0 Å². The van der Waals surface area contributed by atoms with Gasteiger partial charge in [-0.05, 0) is 56.5 Å². The number of rotatable bonds is 14. The van der Waals surface area contributed by atoms with Crippen molar-refractivity contribution in [3.63, 3.8) is 0 Å². The maximum Gasteiger partial charge on any atom is 0.220 e. The van der Waals surface area contributed by atoms with Crippen LogP contribution in [0.3, 0.4) is 0 Å². The lowest BCUT2D eigenvalue weighted by molar-refractivity contribution is -0.122. The molecule has 3 atom stereocenters. The monoisotopic (exact) mass is 574 g/mol. The third kappa shape index (κ3) is 14.8. The summed E-state index contributed by atoms with van der Waals surface area (Å²) in [6.45, 7) is 15.2. The molecule has 1 saturated heterocycles. The summed E-state index contributed by atoms with van der Waals surface area (Å²) in [4.78, 5) is 24.4. The molecule has 1 unspecified atom stereocenters. The van der Waals surface area contributed by atoms with Crippen LogP contribution < -0.4 is 42.5 Å².